The second kappa shape index (κ2) is 7.53. The predicted molar refractivity (Wildman–Crippen MR) is 81.3 cm³/mol. The van der Waals surface area contributed by atoms with Crippen LogP contribution in [0.4, 0.5) is 0 Å². The first kappa shape index (κ1) is 15.2. The fraction of sp³-hybridized carbons (Fsp3) is 0.562. The number of carbonyl (C=O) groups excluding carboxylic acids is 1. The standard InChI is InChI=1S/C16H22ClNO2/c17-15-10-13(19)8-9-14(15)16(20)18-11-12-6-4-2-1-3-5-7-12/h8-10,12,19H,1-7,11H2,(H,18,20). The van der Waals surface area contributed by atoms with E-state index in [1.807, 2.05) is 0 Å². The Kier molecular flexibility index (Phi) is 5.72. The minimum atomic E-state index is -0.156. The van der Waals surface area contributed by atoms with Crippen molar-refractivity contribution in [2.75, 3.05) is 6.54 Å². The Morgan fingerprint density at radius 2 is 1.85 bits per heavy atom. The van der Waals surface area contributed by atoms with Crippen molar-refractivity contribution in [2.45, 2.75) is 44.9 Å². The van der Waals surface area contributed by atoms with Gasteiger partial charge in [-0.25, -0.2) is 0 Å². The van der Waals surface area contributed by atoms with Crippen LogP contribution in [0.1, 0.15) is 55.3 Å². The molecule has 1 aromatic rings. The first-order chi connectivity index (χ1) is 9.66. The van der Waals surface area contributed by atoms with Crippen molar-refractivity contribution in [2.24, 2.45) is 5.92 Å². The Labute approximate surface area is 125 Å². The van der Waals surface area contributed by atoms with Gasteiger partial charge in [0.15, 0.2) is 0 Å². The Hall–Kier alpha value is -1.22. The minimum Gasteiger partial charge on any atom is -0.508 e. The lowest BCUT2D eigenvalue weighted by atomic mass is 9.91. The Morgan fingerprint density at radius 3 is 2.50 bits per heavy atom. The molecule has 1 aliphatic carbocycles. The van der Waals surface area contributed by atoms with Crippen molar-refractivity contribution in [3.05, 3.63) is 28.8 Å². The van der Waals surface area contributed by atoms with E-state index in [-0.39, 0.29) is 11.7 Å². The molecular weight excluding hydrogens is 274 g/mol. The molecule has 0 spiro atoms. The van der Waals surface area contributed by atoms with Gasteiger partial charge in [0.2, 0.25) is 0 Å². The van der Waals surface area contributed by atoms with Gasteiger partial charge in [-0.2, -0.15) is 0 Å². The summed E-state index contributed by atoms with van der Waals surface area (Å²) in [5.41, 5.74) is 0.426. The molecule has 2 rings (SSSR count). The van der Waals surface area contributed by atoms with Crippen molar-refractivity contribution >= 4 is 17.5 Å². The summed E-state index contributed by atoms with van der Waals surface area (Å²) in [7, 11) is 0. The van der Waals surface area contributed by atoms with Crippen molar-refractivity contribution in [3.63, 3.8) is 0 Å². The summed E-state index contributed by atoms with van der Waals surface area (Å²) in [6.07, 6.45) is 8.90. The third-order valence-corrected chi connectivity index (χ3v) is 4.29. The fourth-order valence-electron chi connectivity index (χ4n) is 2.77. The zero-order valence-corrected chi connectivity index (χ0v) is 12.5. The summed E-state index contributed by atoms with van der Waals surface area (Å²) in [6.45, 7) is 0.718. The van der Waals surface area contributed by atoms with Crippen molar-refractivity contribution in [1.29, 1.82) is 0 Å². The highest BCUT2D eigenvalue weighted by Gasteiger charge is 2.15. The van der Waals surface area contributed by atoms with Crippen LogP contribution < -0.4 is 5.32 Å². The van der Waals surface area contributed by atoms with Gasteiger partial charge in [-0.1, -0.05) is 43.7 Å². The van der Waals surface area contributed by atoms with E-state index in [4.69, 9.17) is 11.6 Å². The molecule has 1 amide bonds. The molecule has 0 radical (unpaired) electrons. The van der Waals surface area contributed by atoms with Gasteiger partial charge in [0.05, 0.1) is 10.6 Å². The first-order valence-corrected chi connectivity index (χ1v) is 7.81. The molecule has 0 aromatic heterocycles. The smallest absolute Gasteiger partial charge is 0.252 e. The molecule has 0 unspecified atom stereocenters. The van der Waals surface area contributed by atoms with Gasteiger partial charge in [0.1, 0.15) is 5.75 Å². The number of benzene rings is 1. The molecule has 110 valence electrons. The highest BCUT2D eigenvalue weighted by Crippen LogP contribution is 2.23. The van der Waals surface area contributed by atoms with Crippen LogP contribution in [0.3, 0.4) is 0 Å². The van der Waals surface area contributed by atoms with Crippen molar-refractivity contribution < 1.29 is 9.90 Å². The summed E-state index contributed by atoms with van der Waals surface area (Å²) < 4.78 is 0. The molecule has 4 heteroatoms. The van der Waals surface area contributed by atoms with Gasteiger partial charge in [0.25, 0.3) is 5.91 Å². The summed E-state index contributed by atoms with van der Waals surface area (Å²) in [6, 6.07) is 4.44. The van der Waals surface area contributed by atoms with E-state index < -0.39 is 0 Å². The molecule has 2 N–H and O–H groups in total. The van der Waals surface area contributed by atoms with E-state index in [2.05, 4.69) is 5.32 Å². The molecule has 1 saturated carbocycles. The van der Waals surface area contributed by atoms with Gasteiger partial charge in [0, 0.05) is 6.54 Å². The van der Waals surface area contributed by atoms with Crippen LogP contribution in [0.5, 0.6) is 5.75 Å². The quantitative estimate of drug-likeness (QED) is 0.880. The largest absolute Gasteiger partial charge is 0.508 e. The van der Waals surface area contributed by atoms with Crippen LogP contribution in [0.25, 0.3) is 0 Å². The van der Waals surface area contributed by atoms with Crippen LogP contribution in [-0.2, 0) is 0 Å². The minimum absolute atomic E-state index is 0.0755. The normalized spacial score (nSPS) is 17.2. The maximum atomic E-state index is 12.1. The molecular formula is C16H22ClNO2. The van der Waals surface area contributed by atoms with Crippen LogP contribution in [0.2, 0.25) is 5.02 Å². The number of amides is 1. The Bertz CT molecular complexity index is 454. The second-order valence-corrected chi connectivity index (χ2v) is 5.99. The lowest BCUT2D eigenvalue weighted by Crippen LogP contribution is -2.29. The lowest BCUT2D eigenvalue weighted by Gasteiger charge is -2.20. The SMILES string of the molecule is O=C(NCC1CCCCCCC1)c1ccc(O)cc1Cl. The van der Waals surface area contributed by atoms with Gasteiger partial charge < -0.3 is 10.4 Å². The van der Waals surface area contributed by atoms with E-state index in [0.29, 0.717) is 16.5 Å². The monoisotopic (exact) mass is 295 g/mol. The van der Waals surface area contributed by atoms with Gasteiger partial charge in [-0.15, -0.1) is 0 Å². The number of phenols is 1. The van der Waals surface area contributed by atoms with E-state index in [0.717, 1.165) is 6.54 Å². The van der Waals surface area contributed by atoms with Gasteiger partial charge >= 0.3 is 0 Å². The zero-order valence-electron chi connectivity index (χ0n) is 11.7. The molecule has 0 heterocycles. The number of aromatic hydroxyl groups is 1. The molecule has 1 aromatic carbocycles. The number of hydrogen-bond donors (Lipinski definition) is 2. The average molecular weight is 296 g/mol. The predicted octanol–water partition coefficient (Wildman–Crippen LogP) is 4.14. The maximum absolute atomic E-state index is 12.1. The third-order valence-electron chi connectivity index (χ3n) is 3.97. The molecule has 0 atom stereocenters. The third kappa shape index (κ3) is 4.41. The van der Waals surface area contributed by atoms with E-state index in [1.165, 1.54) is 57.1 Å². The number of halogens is 1. The van der Waals surface area contributed by atoms with E-state index in [9.17, 15) is 9.90 Å². The Morgan fingerprint density at radius 1 is 1.20 bits per heavy atom. The number of nitrogens with one attached hydrogen (secondary N) is 1. The molecule has 1 aliphatic rings. The van der Waals surface area contributed by atoms with Gasteiger partial charge in [-0.3, -0.25) is 4.79 Å². The molecule has 0 bridgehead atoms. The number of carbonyl (C=O) groups is 1. The van der Waals surface area contributed by atoms with Crippen molar-refractivity contribution in [1.82, 2.24) is 5.32 Å². The highest BCUT2D eigenvalue weighted by atomic mass is 35.5. The molecule has 1 fully saturated rings. The highest BCUT2D eigenvalue weighted by molar-refractivity contribution is 6.34. The molecule has 3 nitrogen and oxygen atoms in total. The van der Waals surface area contributed by atoms with Crippen LogP contribution in [-0.4, -0.2) is 17.6 Å². The topological polar surface area (TPSA) is 49.3 Å². The summed E-state index contributed by atoms with van der Waals surface area (Å²) >= 11 is 5.97. The van der Waals surface area contributed by atoms with Gasteiger partial charge in [-0.05, 0) is 37.0 Å². The van der Waals surface area contributed by atoms with Crippen molar-refractivity contribution in [3.8, 4) is 5.75 Å². The number of hydrogen-bond acceptors (Lipinski definition) is 2. The van der Waals surface area contributed by atoms with Crippen LogP contribution in [0, 0.1) is 5.92 Å². The molecule has 20 heavy (non-hydrogen) atoms. The van der Waals surface area contributed by atoms with E-state index >= 15 is 0 Å². The lowest BCUT2D eigenvalue weighted by molar-refractivity contribution is 0.0945. The summed E-state index contributed by atoms with van der Waals surface area (Å²) in [5.74, 6) is 0.499. The molecule has 0 saturated heterocycles. The number of phenolic OH excluding ortho intramolecular Hbond substituents is 1. The summed E-state index contributed by atoms with van der Waals surface area (Å²) in [5, 5.41) is 12.6. The second-order valence-electron chi connectivity index (χ2n) is 5.59. The fourth-order valence-corrected chi connectivity index (χ4v) is 3.03. The zero-order chi connectivity index (χ0) is 14.4. The number of rotatable bonds is 3. The summed E-state index contributed by atoms with van der Waals surface area (Å²) in [4.78, 5) is 12.1. The average Bonchev–Trinajstić information content (AvgIpc) is 2.37. The van der Waals surface area contributed by atoms with Crippen LogP contribution >= 0.6 is 11.6 Å². The van der Waals surface area contributed by atoms with Crippen LogP contribution in [0.15, 0.2) is 18.2 Å². The van der Waals surface area contributed by atoms with E-state index in [1.54, 1.807) is 6.07 Å². The first-order valence-electron chi connectivity index (χ1n) is 7.43. The molecule has 0 aliphatic heterocycles. The Balaban J connectivity index is 1.87. The maximum Gasteiger partial charge on any atom is 0.252 e.